The molecule has 0 fully saturated rings. The van der Waals surface area contributed by atoms with Gasteiger partial charge in [-0.15, -0.1) is 0 Å². The van der Waals surface area contributed by atoms with Crippen LogP contribution in [0.4, 0.5) is 0 Å². The van der Waals surface area contributed by atoms with Crippen molar-refractivity contribution in [3.05, 3.63) is 83.4 Å². The summed E-state index contributed by atoms with van der Waals surface area (Å²) in [7, 11) is 0. The van der Waals surface area contributed by atoms with Crippen molar-refractivity contribution < 1.29 is 4.79 Å². The van der Waals surface area contributed by atoms with E-state index in [0.29, 0.717) is 5.11 Å². The van der Waals surface area contributed by atoms with E-state index in [0.717, 1.165) is 24.1 Å². The Morgan fingerprint density at radius 3 is 2.15 bits per heavy atom. The van der Waals surface area contributed by atoms with E-state index >= 15 is 0 Å². The van der Waals surface area contributed by atoms with Gasteiger partial charge in [-0.2, -0.15) is 0 Å². The molecule has 0 atom stereocenters. The third-order valence-corrected chi connectivity index (χ3v) is 5.13. The van der Waals surface area contributed by atoms with Crippen LogP contribution in [0.3, 0.4) is 0 Å². The predicted octanol–water partition coefficient (Wildman–Crippen LogP) is 4.70. The number of carbonyl (C=O) groups is 1. The van der Waals surface area contributed by atoms with Gasteiger partial charge in [0, 0.05) is 6.54 Å². The van der Waals surface area contributed by atoms with Crippen LogP contribution in [0.5, 0.6) is 0 Å². The number of nitrogens with one attached hydrogen (secondary N) is 2. The summed E-state index contributed by atoms with van der Waals surface area (Å²) in [5, 5.41) is 6.45. The van der Waals surface area contributed by atoms with Crippen LogP contribution in [0.1, 0.15) is 49.1 Å². The monoisotopic (exact) mass is 378 g/mol. The van der Waals surface area contributed by atoms with E-state index in [1.54, 1.807) is 0 Å². The third-order valence-electron chi connectivity index (χ3n) is 4.88. The average molecular weight is 379 g/mol. The fraction of sp³-hybridized carbons (Fsp3) is 0.304. The van der Waals surface area contributed by atoms with E-state index in [-0.39, 0.29) is 11.8 Å². The Kier molecular flexibility index (Phi) is 7.17. The van der Waals surface area contributed by atoms with Crippen molar-refractivity contribution in [3.8, 4) is 0 Å². The molecule has 2 aromatic rings. The van der Waals surface area contributed by atoms with Gasteiger partial charge in [0.05, 0.1) is 5.92 Å². The molecule has 2 aromatic carbocycles. The van der Waals surface area contributed by atoms with E-state index in [1.807, 2.05) is 60.7 Å². The van der Waals surface area contributed by atoms with Crippen LogP contribution in [0.2, 0.25) is 0 Å². The summed E-state index contributed by atoms with van der Waals surface area (Å²) in [6, 6.07) is 19.6. The Hall–Kier alpha value is -2.46. The first kappa shape index (κ1) is 19.3. The molecule has 3 rings (SSSR count). The summed E-state index contributed by atoms with van der Waals surface area (Å²) in [5.74, 6) is -0.491. The van der Waals surface area contributed by atoms with Crippen molar-refractivity contribution in [2.24, 2.45) is 0 Å². The number of allylic oxidation sites excluding steroid dienone is 1. The molecular formula is C23H26N2OS. The Balaban J connectivity index is 1.60. The molecule has 0 saturated carbocycles. The van der Waals surface area contributed by atoms with Crippen LogP contribution in [-0.2, 0) is 4.79 Å². The topological polar surface area (TPSA) is 41.1 Å². The minimum Gasteiger partial charge on any atom is -0.362 e. The summed E-state index contributed by atoms with van der Waals surface area (Å²) in [6.07, 6.45) is 8.27. The van der Waals surface area contributed by atoms with Crippen LogP contribution in [0, 0.1) is 0 Å². The molecule has 1 aliphatic carbocycles. The summed E-state index contributed by atoms with van der Waals surface area (Å²) >= 11 is 5.35. The van der Waals surface area contributed by atoms with Crippen molar-refractivity contribution in [2.45, 2.75) is 38.0 Å². The fourth-order valence-corrected chi connectivity index (χ4v) is 3.69. The Morgan fingerprint density at radius 2 is 1.59 bits per heavy atom. The van der Waals surface area contributed by atoms with E-state index in [4.69, 9.17) is 12.2 Å². The zero-order valence-corrected chi connectivity index (χ0v) is 16.3. The molecule has 0 aliphatic heterocycles. The van der Waals surface area contributed by atoms with E-state index in [9.17, 15) is 4.79 Å². The molecule has 3 nitrogen and oxygen atoms in total. The van der Waals surface area contributed by atoms with Crippen LogP contribution >= 0.6 is 12.2 Å². The Bertz CT molecular complexity index is 747. The number of amides is 1. The molecule has 1 amide bonds. The quantitative estimate of drug-likeness (QED) is 0.565. The SMILES string of the molecule is O=C(NC(=S)NCCC1=CCCCC1)C(c1ccccc1)c1ccccc1. The number of carbonyl (C=O) groups excluding carboxylic acids is 1. The van der Waals surface area contributed by atoms with Gasteiger partial charge in [-0.1, -0.05) is 72.3 Å². The van der Waals surface area contributed by atoms with Gasteiger partial charge < -0.3 is 10.6 Å². The highest BCUT2D eigenvalue weighted by Crippen LogP contribution is 2.24. The normalized spacial score (nSPS) is 13.7. The lowest BCUT2D eigenvalue weighted by Gasteiger charge is -2.19. The molecule has 140 valence electrons. The highest BCUT2D eigenvalue weighted by atomic mass is 32.1. The molecule has 27 heavy (non-hydrogen) atoms. The molecule has 0 saturated heterocycles. The number of thiocarbonyl (C=S) groups is 1. The second-order valence-electron chi connectivity index (χ2n) is 6.86. The maximum Gasteiger partial charge on any atom is 0.238 e. The first-order valence-corrected chi connectivity index (χ1v) is 10.0. The predicted molar refractivity (Wildman–Crippen MR) is 115 cm³/mol. The lowest BCUT2D eigenvalue weighted by molar-refractivity contribution is -0.120. The molecule has 0 unspecified atom stereocenters. The van der Waals surface area contributed by atoms with Crippen LogP contribution in [0.15, 0.2) is 72.3 Å². The van der Waals surface area contributed by atoms with Gasteiger partial charge in [-0.3, -0.25) is 4.79 Å². The Labute approximate surface area is 166 Å². The molecule has 0 heterocycles. The molecular weight excluding hydrogens is 352 g/mol. The Morgan fingerprint density at radius 1 is 0.963 bits per heavy atom. The second kappa shape index (κ2) is 10.0. The number of rotatable bonds is 6. The summed E-state index contributed by atoms with van der Waals surface area (Å²) in [5.41, 5.74) is 3.40. The van der Waals surface area contributed by atoms with Crippen molar-refractivity contribution in [1.82, 2.24) is 10.6 Å². The molecule has 0 bridgehead atoms. The molecule has 4 heteroatoms. The third kappa shape index (κ3) is 5.76. The largest absolute Gasteiger partial charge is 0.362 e. The van der Waals surface area contributed by atoms with Gasteiger partial charge in [0.2, 0.25) is 5.91 Å². The van der Waals surface area contributed by atoms with Gasteiger partial charge in [-0.25, -0.2) is 0 Å². The second-order valence-corrected chi connectivity index (χ2v) is 7.27. The maximum atomic E-state index is 13.0. The first-order valence-electron chi connectivity index (χ1n) is 9.60. The van der Waals surface area contributed by atoms with Crippen molar-refractivity contribution >= 4 is 23.2 Å². The van der Waals surface area contributed by atoms with E-state index in [1.165, 1.54) is 31.3 Å². The summed E-state index contributed by atoms with van der Waals surface area (Å²) < 4.78 is 0. The highest BCUT2D eigenvalue weighted by molar-refractivity contribution is 7.80. The minimum absolute atomic E-state index is 0.109. The van der Waals surface area contributed by atoms with Gasteiger partial charge in [0.15, 0.2) is 5.11 Å². The van der Waals surface area contributed by atoms with Crippen LogP contribution in [-0.4, -0.2) is 17.6 Å². The number of hydrogen-bond acceptors (Lipinski definition) is 2. The molecule has 2 N–H and O–H groups in total. The van der Waals surface area contributed by atoms with Gasteiger partial charge in [-0.05, 0) is 55.4 Å². The maximum absolute atomic E-state index is 13.0. The van der Waals surface area contributed by atoms with Crippen molar-refractivity contribution in [3.63, 3.8) is 0 Å². The minimum atomic E-state index is -0.381. The standard InChI is InChI=1S/C23H26N2OS/c26-22(25-23(27)24-17-16-18-10-4-1-5-11-18)21(19-12-6-2-7-13-19)20-14-8-3-9-15-20/h2-3,6-10,12-15,21H,1,4-5,11,16-17H2,(H2,24,25,26,27). The van der Waals surface area contributed by atoms with E-state index in [2.05, 4.69) is 16.7 Å². The molecule has 0 spiro atoms. The van der Waals surface area contributed by atoms with Gasteiger partial charge in [0.25, 0.3) is 0 Å². The molecule has 0 radical (unpaired) electrons. The summed E-state index contributed by atoms with van der Waals surface area (Å²) in [4.78, 5) is 13.0. The summed E-state index contributed by atoms with van der Waals surface area (Å²) in [6.45, 7) is 0.756. The highest BCUT2D eigenvalue weighted by Gasteiger charge is 2.23. The van der Waals surface area contributed by atoms with Crippen molar-refractivity contribution in [2.75, 3.05) is 6.54 Å². The van der Waals surface area contributed by atoms with Crippen LogP contribution in [0.25, 0.3) is 0 Å². The fourth-order valence-electron chi connectivity index (χ4n) is 3.48. The zero-order valence-electron chi connectivity index (χ0n) is 15.5. The van der Waals surface area contributed by atoms with Gasteiger partial charge in [0.1, 0.15) is 0 Å². The van der Waals surface area contributed by atoms with Crippen molar-refractivity contribution in [1.29, 1.82) is 0 Å². The van der Waals surface area contributed by atoms with E-state index < -0.39 is 0 Å². The number of hydrogen-bond donors (Lipinski definition) is 2. The molecule has 1 aliphatic rings. The van der Waals surface area contributed by atoms with Crippen LogP contribution < -0.4 is 10.6 Å². The average Bonchev–Trinajstić information content (AvgIpc) is 2.70. The number of benzene rings is 2. The zero-order chi connectivity index (χ0) is 18.9. The van der Waals surface area contributed by atoms with Gasteiger partial charge >= 0.3 is 0 Å². The molecule has 0 aromatic heterocycles. The lowest BCUT2D eigenvalue weighted by Crippen LogP contribution is -2.42. The smallest absolute Gasteiger partial charge is 0.238 e. The lowest BCUT2D eigenvalue weighted by atomic mass is 9.90. The first-order chi connectivity index (χ1) is 13.2.